The van der Waals surface area contributed by atoms with Crippen molar-refractivity contribution in [2.24, 2.45) is 5.73 Å². The molecule has 2 N–H and O–H groups in total. The van der Waals surface area contributed by atoms with Gasteiger partial charge in [0.15, 0.2) is 0 Å². The van der Waals surface area contributed by atoms with Crippen molar-refractivity contribution < 1.29 is 4.42 Å². The molecule has 1 aromatic heterocycles. The topological polar surface area (TPSA) is 42.4 Å². The molecule has 0 unspecified atom stereocenters. The van der Waals surface area contributed by atoms with E-state index in [2.05, 4.69) is 30.0 Å². The zero-order chi connectivity index (χ0) is 13.2. The number of piperidine rings is 1. The Hall–Kier alpha value is -1.32. The van der Waals surface area contributed by atoms with Gasteiger partial charge < -0.3 is 15.1 Å². The van der Waals surface area contributed by atoms with E-state index in [1.54, 1.807) is 0 Å². The van der Waals surface area contributed by atoms with Crippen LogP contribution in [0.5, 0.6) is 0 Å². The highest BCUT2D eigenvalue weighted by Gasteiger charge is 2.25. The Kier molecular flexibility index (Phi) is 3.58. The summed E-state index contributed by atoms with van der Waals surface area (Å²) in [6, 6.07) is 8.39. The van der Waals surface area contributed by atoms with Crippen LogP contribution in [-0.4, -0.2) is 31.1 Å². The maximum absolute atomic E-state index is 5.89. The molecule has 0 saturated carbocycles. The number of aryl methyl sites for hydroxylation is 1. The molecule has 1 fully saturated rings. The second-order valence-corrected chi connectivity index (χ2v) is 5.47. The third kappa shape index (κ3) is 2.40. The van der Waals surface area contributed by atoms with Crippen molar-refractivity contribution >= 4 is 11.0 Å². The quantitative estimate of drug-likeness (QED) is 0.920. The van der Waals surface area contributed by atoms with Gasteiger partial charge in [-0.2, -0.15) is 0 Å². The summed E-state index contributed by atoms with van der Waals surface area (Å²) >= 11 is 0. The maximum Gasteiger partial charge on any atom is 0.134 e. The molecule has 3 heteroatoms. The predicted octanol–water partition coefficient (Wildman–Crippen LogP) is 2.88. The summed E-state index contributed by atoms with van der Waals surface area (Å²) in [6.45, 7) is 6.19. The number of nitrogens with zero attached hydrogens (tertiary/aromatic N) is 1. The van der Waals surface area contributed by atoms with E-state index in [9.17, 15) is 0 Å². The molecule has 0 amide bonds. The molecule has 102 valence electrons. The average molecular weight is 258 g/mol. The number of benzene rings is 1. The fraction of sp³-hybridized carbons (Fsp3) is 0.500. The van der Waals surface area contributed by atoms with Crippen LogP contribution in [0.4, 0.5) is 0 Å². The summed E-state index contributed by atoms with van der Waals surface area (Å²) in [4.78, 5) is 2.47. The van der Waals surface area contributed by atoms with Crippen LogP contribution in [0.3, 0.4) is 0 Å². The molecule has 19 heavy (non-hydrogen) atoms. The lowest BCUT2D eigenvalue weighted by molar-refractivity contribution is 0.217. The lowest BCUT2D eigenvalue weighted by atomic mass is 9.87. The number of hydrogen-bond donors (Lipinski definition) is 1. The van der Waals surface area contributed by atoms with Gasteiger partial charge in [0, 0.05) is 24.0 Å². The van der Waals surface area contributed by atoms with Crippen LogP contribution >= 0.6 is 0 Å². The highest BCUT2D eigenvalue weighted by Crippen LogP contribution is 2.36. The van der Waals surface area contributed by atoms with Crippen molar-refractivity contribution in [1.82, 2.24) is 4.90 Å². The Balaban J connectivity index is 1.83. The summed E-state index contributed by atoms with van der Waals surface area (Å²) in [6.07, 6.45) is 2.43. The molecule has 0 aliphatic carbocycles. The van der Waals surface area contributed by atoms with Crippen LogP contribution in [0.15, 0.2) is 28.7 Å². The van der Waals surface area contributed by atoms with Crippen molar-refractivity contribution in [3.63, 3.8) is 0 Å². The number of fused-ring (bicyclic) bond motifs is 1. The molecule has 0 radical (unpaired) electrons. The van der Waals surface area contributed by atoms with E-state index in [1.165, 1.54) is 23.8 Å². The van der Waals surface area contributed by atoms with Gasteiger partial charge in [-0.1, -0.05) is 18.2 Å². The molecule has 1 saturated heterocycles. The molecule has 0 bridgehead atoms. The standard InChI is InChI=1S/C16H22N2O/c1-12-16(14-4-2-3-5-15(14)19-12)13-6-9-18(10-7-13)11-8-17/h2-5,13H,6-11,17H2,1H3. The molecule has 1 aromatic carbocycles. The first-order valence-corrected chi connectivity index (χ1v) is 7.20. The first-order valence-electron chi connectivity index (χ1n) is 7.20. The van der Waals surface area contributed by atoms with Gasteiger partial charge in [-0.25, -0.2) is 0 Å². The number of rotatable bonds is 3. The molecule has 2 aromatic rings. The Morgan fingerprint density at radius 1 is 1.26 bits per heavy atom. The third-order valence-corrected chi connectivity index (χ3v) is 4.26. The van der Waals surface area contributed by atoms with E-state index in [-0.39, 0.29) is 0 Å². The minimum Gasteiger partial charge on any atom is -0.461 e. The van der Waals surface area contributed by atoms with Crippen molar-refractivity contribution in [3.8, 4) is 0 Å². The summed E-state index contributed by atoms with van der Waals surface area (Å²) in [7, 11) is 0. The van der Waals surface area contributed by atoms with E-state index < -0.39 is 0 Å². The first kappa shape index (κ1) is 12.7. The Labute approximate surface area is 114 Å². The van der Waals surface area contributed by atoms with Crippen LogP contribution in [-0.2, 0) is 0 Å². The average Bonchev–Trinajstić information content (AvgIpc) is 2.76. The van der Waals surface area contributed by atoms with Gasteiger partial charge >= 0.3 is 0 Å². The molecule has 0 spiro atoms. The molecular formula is C16H22N2O. The minimum atomic E-state index is 0.637. The van der Waals surface area contributed by atoms with E-state index in [0.29, 0.717) is 5.92 Å². The molecule has 2 heterocycles. The molecule has 0 atom stereocenters. The largest absolute Gasteiger partial charge is 0.461 e. The second kappa shape index (κ2) is 5.35. The Morgan fingerprint density at radius 3 is 2.74 bits per heavy atom. The van der Waals surface area contributed by atoms with Crippen molar-refractivity contribution in [2.75, 3.05) is 26.2 Å². The molecule has 3 nitrogen and oxygen atoms in total. The summed E-state index contributed by atoms with van der Waals surface area (Å²) in [5, 5.41) is 1.30. The predicted molar refractivity (Wildman–Crippen MR) is 78.4 cm³/mol. The van der Waals surface area contributed by atoms with Crippen LogP contribution in [0.2, 0.25) is 0 Å². The molecule has 3 rings (SSSR count). The second-order valence-electron chi connectivity index (χ2n) is 5.47. The number of nitrogens with two attached hydrogens (primary N) is 1. The molecular weight excluding hydrogens is 236 g/mol. The van der Waals surface area contributed by atoms with Crippen LogP contribution < -0.4 is 5.73 Å². The van der Waals surface area contributed by atoms with E-state index in [4.69, 9.17) is 10.2 Å². The fourth-order valence-corrected chi connectivity index (χ4v) is 3.32. The van der Waals surface area contributed by atoms with Gasteiger partial charge in [-0.3, -0.25) is 0 Å². The zero-order valence-corrected chi connectivity index (χ0v) is 11.6. The van der Waals surface area contributed by atoms with Crippen molar-refractivity contribution in [1.29, 1.82) is 0 Å². The fourth-order valence-electron chi connectivity index (χ4n) is 3.32. The van der Waals surface area contributed by atoms with E-state index in [1.807, 2.05) is 6.07 Å². The molecule has 1 aliphatic rings. The Bertz CT molecular complexity index is 553. The number of likely N-dealkylation sites (tertiary alicyclic amines) is 1. The third-order valence-electron chi connectivity index (χ3n) is 4.26. The van der Waals surface area contributed by atoms with Gasteiger partial charge in [0.2, 0.25) is 0 Å². The van der Waals surface area contributed by atoms with Gasteiger partial charge in [0.25, 0.3) is 0 Å². The maximum atomic E-state index is 5.89. The number of furan rings is 1. The minimum absolute atomic E-state index is 0.637. The SMILES string of the molecule is Cc1oc2ccccc2c1C1CCN(CCN)CC1. The summed E-state index contributed by atoms with van der Waals surface area (Å²) in [5.74, 6) is 1.73. The highest BCUT2D eigenvalue weighted by molar-refractivity contribution is 5.82. The van der Waals surface area contributed by atoms with E-state index >= 15 is 0 Å². The van der Waals surface area contributed by atoms with Gasteiger partial charge in [0.05, 0.1) is 0 Å². The zero-order valence-electron chi connectivity index (χ0n) is 11.6. The van der Waals surface area contributed by atoms with E-state index in [0.717, 1.165) is 37.5 Å². The van der Waals surface area contributed by atoms with Gasteiger partial charge in [-0.05, 0) is 44.8 Å². The number of para-hydroxylation sites is 1. The monoisotopic (exact) mass is 258 g/mol. The summed E-state index contributed by atoms with van der Waals surface area (Å²) < 4.78 is 5.89. The van der Waals surface area contributed by atoms with Crippen LogP contribution in [0.1, 0.15) is 30.1 Å². The number of hydrogen-bond acceptors (Lipinski definition) is 3. The first-order chi connectivity index (χ1) is 9.29. The molecule has 1 aliphatic heterocycles. The van der Waals surface area contributed by atoms with Gasteiger partial charge in [0.1, 0.15) is 11.3 Å². The smallest absolute Gasteiger partial charge is 0.134 e. The van der Waals surface area contributed by atoms with Crippen molar-refractivity contribution in [2.45, 2.75) is 25.7 Å². The summed E-state index contributed by atoms with van der Waals surface area (Å²) in [5.41, 5.74) is 8.09. The van der Waals surface area contributed by atoms with Crippen LogP contribution in [0.25, 0.3) is 11.0 Å². The van der Waals surface area contributed by atoms with Crippen LogP contribution in [0, 0.1) is 6.92 Å². The van der Waals surface area contributed by atoms with Crippen molar-refractivity contribution in [3.05, 3.63) is 35.6 Å². The lowest BCUT2D eigenvalue weighted by Gasteiger charge is -2.31. The lowest BCUT2D eigenvalue weighted by Crippen LogP contribution is -2.36. The Morgan fingerprint density at radius 2 is 2.00 bits per heavy atom. The highest BCUT2D eigenvalue weighted by atomic mass is 16.3. The van der Waals surface area contributed by atoms with Gasteiger partial charge in [-0.15, -0.1) is 0 Å². The normalized spacial score (nSPS) is 18.2.